The number of hydrogen-bond acceptors (Lipinski definition) is 3. The third-order valence-corrected chi connectivity index (χ3v) is 6.31. The van der Waals surface area contributed by atoms with Gasteiger partial charge in [-0.15, -0.1) is 0 Å². The topological polar surface area (TPSA) is 52.7 Å². The molecule has 0 saturated heterocycles. The molecule has 2 saturated carbocycles. The molecule has 0 bridgehead atoms. The molecule has 0 spiro atoms. The van der Waals surface area contributed by atoms with Crippen molar-refractivity contribution in [2.24, 2.45) is 17.8 Å². The van der Waals surface area contributed by atoms with Crippen LogP contribution >= 0.6 is 0 Å². The molecule has 154 valence electrons. The summed E-state index contributed by atoms with van der Waals surface area (Å²) in [5.74, 6) is 1.15. The van der Waals surface area contributed by atoms with Crippen LogP contribution in [-0.4, -0.2) is 36.9 Å². The molecule has 5 nitrogen and oxygen atoms in total. The van der Waals surface area contributed by atoms with Gasteiger partial charge in [0.05, 0.1) is 0 Å². The number of nitrogens with one attached hydrogen (secondary N) is 1. The second kappa shape index (κ2) is 8.54. The Kier molecular flexibility index (Phi) is 6.31. The molecule has 28 heavy (non-hydrogen) atoms. The maximum Gasteiger partial charge on any atom is 0.227 e. The zero-order chi connectivity index (χ0) is 20.4. The van der Waals surface area contributed by atoms with Gasteiger partial charge in [0.2, 0.25) is 11.8 Å². The second-order valence-electron chi connectivity index (χ2n) is 9.08. The lowest BCUT2D eigenvalue weighted by Crippen LogP contribution is -2.42. The highest BCUT2D eigenvalue weighted by molar-refractivity contribution is 5.93. The Balaban J connectivity index is 1.84. The second-order valence-corrected chi connectivity index (χ2v) is 9.08. The van der Waals surface area contributed by atoms with Crippen molar-refractivity contribution in [3.05, 3.63) is 23.8 Å². The van der Waals surface area contributed by atoms with Gasteiger partial charge < -0.3 is 15.1 Å². The molecule has 1 aromatic rings. The van der Waals surface area contributed by atoms with Gasteiger partial charge in [-0.1, -0.05) is 20.3 Å². The van der Waals surface area contributed by atoms with Crippen LogP contribution < -0.4 is 10.2 Å². The average molecular weight is 386 g/mol. The van der Waals surface area contributed by atoms with E-state index >= 15 is 0 Å². The van der Waals surface area contributed by atoms with E-state index in [9.17, 15) is 9.59 Å². The van der Waals surface area contributed by atoms with E-state index in [1.165, 1.54) is 0 Å². The molecule has 1 atom stereocenters. The fourth-order valence-electron chi connectivity index (χ4n) is 3.67. The van der Waals surface area contributed by atoms with Crippen LogP contribution in [0.5, 0.6) is 0 Å². The highest BCUT2D eigenvalue weighted by Crippen LogP contribution is 2.34. The Morgan fingerprint density at radius 2 is 1.75 bits per heavy atom. The molecule has 1 aromatic carbocycles. The number of amides is 2. The van der Waals surface area contributed by atoms with E-state index in [1.54, 1.807) is 0 Å². The van der Waals surface area contributed by atoms with Crippen molar-refractivity contribution in [3.63, 3.8) is 0 Å². The monoisotopic (exact) mass is 385 g/mol. The van der Waals surface area contributed by atoms with E-state index in [0.717, 1.165) is 49.0 Å². The van der Waals surface area contributed by atoms with Gasteiger partial charge in [0.15, 0.2) is 0 Å². The van der Waals surface area contributed by atoms with Gasteiger partial charge in [0.1, 0.15) is 0 Å². The average Bonchev–Trinajstić information content (AvgIpc) is 3.41. The summed E-state index contributed by atoms with van der Waals surface area (Å²) >= 11 is 0. The van der Waals surface area contributed by atoms with Crippen LogP contribution in [0.1, 0.15) is 58.4 Å². The lowest BCUT2D eigenvalue weighted by molar-refractivity contribution is -0.136. The SMILES string of the molecule is CC(C)C(C)N(Cc1cc(NC(=O)C2CCC2)ccc1N(C)C)C(=O)C1CC1. The molecule has 0 radical (unpaired) electrons. The number of rotatable bonds is 8. The molecule has 2 amide bonds. The van der Waals surface area contributed by atoms with Crippen molar-refractivity contribution < 1.29 is 9.59 Å². The molecule has 1 unspecified atom stereocenters. The molecular weight excluding hydrogens is 350 g/mol. The van der Waals surface area contributed by atoms with Crippen LogP contribution in [0.2, 0.25) is 0 Å². The Morgan fingerprint density at radius 3 is 2.25 bits per heavy atom. The van der Waals surface area contributed by atoms with E-state index in [-0.39, 0.29) is 29.7 Å². The fourth-order valence-corrected chi connectivity index (χ4v) is 3.67. The molecule has 0 heterocycles. The molecule has 0 aromatic heterocycles. The molecule has 2 fully saturated rings. The summed E-state index contributed by atoms with van der Waals surface area (Å²) in [5, 5.41) is 3.08. The van der Waals surface area contributed by atoms with Crippen LogP contribution in [0, 0.1) is 17.8 Å². The molecule has 1 N–H and O–H groups in total. The minimum absolute atomic E-state index is 0.122. The van der Waals surface area contributed by atoms with Crippen LogP contribution in [0.3, 0.4) is 0 Å². The van der Waals surface area contributed by atoms with Crippen LogP contribution in [0.15, 0.2) is 18.2 Å². The first-order chi connectivity index (χ1) is 13.3. The molecular formula is C23H35N3O2. The fraction of sp³-hybridized carbons (Fsp3) is 0.652. The number of anilines is 2. The maximum atomic E-state index is 13.0. The van der Waals surface area contributed by atoms with Crippen molar-refractivity contribution in [2.45, 2.75) is 65.5 Å². The zero-order valence-corrected chi connectivity index (χ0v) is 18.0. The number of nitrogens with zero attached hydrogens (tertiary/aromatic N) is 2. The summed E-state index contributed by atoms with van der Waals surface area (Å²) in [6.45, 7) is 7.05. The van der Waals surface area contributed by atoms with E-state index in [4.69, 9.17) is 0 Å². The quantitative estimate of drug-likeness (QED) is 0.727. The van der Waals surface area contributed by atoms with E-state index in [1.807, 2.05) is 37.2 Å². The standard InChI is InChI=1S/C23H35N3O2/c1-15(2)16(3)26(23(28)18-9-10-18)14-19-13-20(11-12-21(19)25(4)5)24-22(27)17-7-6-8-17/h11-13,15-18H,6-10,14H2,1-5H3,(H,24,27). The van der Waals surface area contributed by atoms with Gasteiger partial charge in [0, 0.05) is 49.9 Å². The summed E-state index contributed by atoms with van der Waals surface area (Å²) in [6, 6.07) is 6.24. The third kappa shape index (κ3) is 4.68. The first-order valence-corrected chi connectivity index (χ1v) is 10.7. The van der Waals surface area contributed by atoms with Crippen molar-refractivity contribution in [1.82, 2.24) is 4.90 Å². The molecule has 2 aliphatic carbocycles. The summed E-state index contributed by atoms with van der Waals surface area (Å²) in [5.41, 5.74) is 3.00. The third-order valence-electron chi connectivity index (χ3n) is 6.31. The van der Waals surface area contributed by atoms with Crippen molar-refractivity contribution in [1.29, 1.82) is 0 Å². The largest absolute Gasteiger partial charge is 0.377 e. The highest BCUT2D eigenvalue weighted by Gasteiger charge is 2.36. The molecule has 5 heteroatoms. The van der Waals surface area contributed by atoms with Gasteiger partial charge in [-0.2, -0.15) is 0 Å². The summed E-state index contributed by atoms with van der Waals surface area (Å²) < 4.78 is 0. The number of hydrogen-bond donors (Lipinski definition) is 1. The Hall–Kier alpha value is -2.04. The summed E-state index contributed by atoms with van der Waals surface area (Å²) in [4.78, 5) is 29.5. The van der Waals surface area contributed by atoms with E-state index in [2.05, 4.69) is 31.0 Å². The minimum Gasteiger partial charge on any atom is -0.377 e. The predicted molar refractivity (Wildman–Crippen MR) is 114 cm³/mol. The van der Waals surface area contributed by atoms with Gasteiger partial charge in [-0.3, -0.25) is 9.59 Å². The van der Waals surface area contributed by atoms with E-state index in [0.29, 0.717) is 12.5 Å². The molecule has 2 aliphatic rings. The van der Waals surface area contributed by atoms with Gasteiger partial charge in [-0.25, -0.2) is 0 Å². The highest BCUT2D eigenvalue weighted by atomic mass is 16.2. The van der Waals surface area contributed by atoms with Gasteiger partial charge in [0.25, 0.3) is 0 Å². The van der Waals surface area contributed by atoms with Gasteiger partial charge in [-0.05, 0) is 62.3 Å². The normalized spacial score (nSPS) is 17.8. The first-order valence-electron chi connectivity index (χ1n) is 10.7. The number of carbonyl (C=O) groups is 2. The molecule has 3 rings (SSSR count). The van der Waals surface area contributed by atoms with Crippen molar-refractivity contribution in [3.8, 4) is 0 Å². The lowest BCUT2D eigenvalue weighted by atomic mass is 9.85. The Morgan fingerprint density at radius 1 is 1.07 bits per heavy atom. The van der Waals surface area contributed by atoms with Crippen LogP contribution in [-0.2, 0) is 16.1 Å². The Labute approximate surface area is 169 Å². The predicted octanol–water partition coefficient (Wildman–Crippen LogP) is 4.27. The molecule has 0 aliphatic heterocycles. The smallest absolute Gasteiger partial charge is 0.227 e. The van der Waals surface area contributed by atoms with Crippen molar-refractivity contribution >= 4 is 23.2 Å². The number of carbonyl (C=O) groups excluding carboxylic acids is 2. The Bertz CT molecular complexity index is 721. The summed E-state index contributed by atoms with van der Waals surface area (Å²) in [6.07, 6.45) is 5.15. The van der Waals surface area contributed by atoms with Crippen molar-refractivity contribution in [2.75, 3.05) is 24.3 Å². The minimum atomic E-state index is 0.122. The lowest BCUT2D eigenvalue weighted by Gasteiger charge is -2.33. The van der Waals surface area contributed by atoms with Crippen LogP contribution in [0.25, 0.3) is 0 Å². The first kappa shape index (κ1) is 20.7. The maximum absolute atomic E-state index is 13.0. The summed E-state index contributed by atoms with van der Waals surface area (Å²) in [7, 11) is 4.04. The number of benzene rings is 1. The van der Waals surface area contributed by atoms with Crippen LogP contribution in [0.4, 0.5) is 11.4 Å². The van der Waals surface area contributed by atoms with E-state index < -0.39 is 0 Å². The van der Waals surface area contributed by atoms with Gasteiger partial charge >= 0.3 is 0 Å². The zero-order valence-electron chi connectivity index (χ0n) is 18.0.